The van der Waals surface area contributed by atoms with Crippen LogP contribution in [0.4, 0.5) is 0 Å². The van der Waals surface area contributed by atoms with Crippen LogP contribution in [0.3, 0.4) is 0 Å². The monoisotopic (exact) mass is 852 g/mol. The predicted molar refractivity (Wildman–Crippen MR) is 245 cm³/mol. The predicted octanol–water partition coefficient (Wildman–Crippen LogP) is 10.9. The molecule has 0 aromatic carbocycles. The number of amides is 1. The maximum absolute atomic E-state index is 13.8. The minimum absolute atomic E-state index is 0.00635. The molecule has 0 aliphatic rings. The van der Waals surface area contributed by atoms with Gasteiger partial charge in [0.25, 0.3) is 0 Å². The van der Waals surface area contributed by atoms with Crippen LogP contribution in [0.25, 0.3) is 0 Å². The second-order valence-electron chi connectivity index (χ2n) is 20.8. The molecule has 0 heterocycles. The maximum atomic E-state index is 13.8. The Morgan fingerprint density at radius 1 is 0.632 bits per heavy atom. The van der Waals surface area contributed by atoms with Gasteiger partial charge in [-0.25, -0.2) is 0 Å². The largest absolute Gasteiger partial charge is 0.376 e. The summed E-state index contributed by atoms with van der Waals surface area (Å²) in [6.07, 6.45) is 2.33. The van der Waals surface area contributed by atoms with Gasteiger partial charge in [0.15, 0.2) is 6.10 Å². The minimum atomic E-state index is -1.11. The summed E-state index contributed by atoms with van der Waals surface area (Å²) in [4.78, 5) is 13.8. The molecule has 0 rings (SSSR count). The standard InChI is InChI=1S/C46H93NO8S2/c1-20-21-38(49-29-46(19,57)26-36(11)53-32(6)7)39(55-45(17,18)25-35(10)54-37(12)56)40(50-28-44(15,16)24-34(9)52-31(4)5)41(42(47)48)51-27-43(13,14)23-33(8)22-30(2)3/h30-41,56-57H,20-29H2,1-19H3,(H2,47,48). The van der Waals surface area contributed by atoms with E-state index in [1.165, 1.54) is 0 Å². The smallest absolute Gasteiger partial charge is 0.249 e. The number of carbonyl (C=O) groups excluding carboxylic acids is 1. The van der Waals surface area contributed by atoms with Gasteiger partial charge in [0.1, 0.15) is 12.2 Å². The van der Waals surface area contributed by atoms with Crippen LogP contribution in [-0.2, 0) is 38.0 Å². The average Bonchev–Trinajstić information content (AvgIpc) is 2.96. The van der Waals surface area contributed by atoms with Gasteiger partial charge >= 0.3 is 0 Å². The molecule has 2 N–H and O–H groups in total. The quantitative estimate of drug-likeness (QED) is 0.0443. The van der Waals surface area contributed by atoms with Crippen molar-refractivity contribution in [3.8, 4) is 0 Å². The van der Waals surface area contributed by atoms with E-state index in [2.05, 4.69) is 88.8 Å². The fourth-order valence-corrected chi connectivity index (χ4v) is 9.06. The summed E-state index contributed by atoms with van der Waals surface area (Å²) in [5.41, 5.74) is 4.84. The SMILES string of the molecule is CCCC(OCC(C)(S)CC(C)OC(C)C)C(OC(C)(C)CC(C)OC(C)S)C(OCC(C)(C)CC(C)OC(C)C)C(OCC(C)(C)CC(C)CC(C)C)C(N)=O. The molecule has 9 nitrogen and oxygen atoms in total. The molecule has 1 amide bonds. The summed E-state index contributed by atoms with van der Waals surface area (Å²) >= 11 is 9.56. The van der Waals surface area contributed by atoms with Crippen LogP contribution in [0.15, 0.2) is 0 Å². The fraction of sp³-hybridized carbons (Fsp3) is 0.978. The van der Waals surface area contributed by atoms with E-state index in [0.717, 1.165) is 25.7 Å². The first-order valence-corrected chi connectivity index (χ1v) is 23.0. The number of hydrogen-bond acceptors (Lipinski definition) is 10. The first kappa shape index (κ1) is 56.9. The van der Waals surface area contributed by atoms with Crippen molar-refractivity contribution in [1.82, 2.24) is 0 Å². The topological polar surface area (TPSA) is 108 Å². The lowest BCUT2D eigenvalue weighted by Gasteiger charge is -2.43. The van der Waals surface area contributed by atoms with Crippen molar-refractivity contribution in [2.45, 2.75) is 247 Å². The highest BCUT2D eigenvalue weighted by molar-refractivity contribution is 7.81. The van der Waals surface area contributed by atoms with E-state index in [1.807, 2.05) is 55.4 Å². The molecule has 0 radical (unpaired) electrons. The zero-order valence-electron chi connectivity index (χ0n) is 40.2. The van der Waals surface area contributed by atoms with E-state index >= 15 is 0 Å². The van der Waals surface area contributed by atoms with Crippen molar-refractivity contribution in [1.29, 1.82) is 0 Å². The van der Waals surface area contributed by atoms with Crippen molar-refractivity contribution in [3.63, 3.8) is 0 Å². The third-order valence-electron chi connectivity index (χ3n) is 9.79. The molecule has 57 heavy (non-hydrogen) atoms. The molecule has 10 unspecified atom stereocenters. The third-order valence-corrected chi connectivity index (χ3v) is 10.2. The first-order valence-electron chi connectivity index (χ1n) is 22.1. The van der Waals surface area contributed by atoms with Gasteiger partial charge in [0, 0.05) is 11.2 Å². The summed E-state index contributed by atoms with van der Waals surface area (Å²) in [7, 11) is 0. The normalized spacial score (nSPS) is 19.2. The van der Waals surface area contributed by atoms with Gasteiger partial charge in [0.2, 0.25) is 5.91 Å². The zero-order valence-corrected chi connectivity index (χ0v) is 42.0. The summed E-state index contributed by atoms with van der Waals surface area (Å²) in [5, 5.41) is 0. The van der Waals surface area contributed by atoms with Gasteiger partial charge in [-0.2, -0.15) is 12.6 Å². The van der Waals surface area contributed by atoms with Crippen LogP contribution in [0.5, 0.6) is 0 Å². The summed E-state index contributed by atoms with van der Waals surface area (Å²) in [6.45, 7) is 41.0. The molecular weight excluding hydrogens is 759 g/mol. The molecule has 0 saturated heterocycles. The number of ether oxygens (including phenoxy) is 7. The Morgan fingerprint density at radius 2 is 1.12 bits per heavy atom. The van der Waals surface area contributed by atoms with Gasteiger partial charge in [-0.15, -0.1) is 12.6 Å². The van der Waals surface area contributed by atoms with Crippen LogP contribution >= 0.6 is 25.3 Å². The Bertz CT molecular complexity index is 1080. The molecule has 0 bridgehead atoms. The van der Waals surface area contributed by atoms with Crippen LogP contribution in [0.1, 0.15) is 176 Å². The Hall–Kier alpha value is -0.110. The van der Waals surface area contributed by atoms with Crippen LogP contribution in [-0.4, -0.2) is 96.4 Å². The molecule has 0 aromatic rings. The Balaban J connectivity index is 7.28. The molecular formula is C46H93NO8S2. The van der Waals surface area contributed by atoms with Gasteiger partial charge in [-0.3, -0.25) is 4.79 Å². The zero-order chi connectivity index (χ0) is 44.5. The molecule has 0 fully saturated rings. The van der Waals surface area contributed by atoms with Gasteiger partial charge in [-0.1, -0.05) is 61.8 Å². The Kier molecular flexibility index (Phi) is 26.3. The number of hydrogen-bond donors (Lipinski definition) is 3. The van der Waals surface area contributed by atoms with Crippen molar-refractivity contribution in [2.24, 2.45) is 28.4 Å². The van der Waals surface area contributed by atoms with Gasteiger partial charge < -0.3 is 38.9 Å². The molecule has 0 spiro atoms. The lowest BCUT2D eigenvalue weighted by atomic mass is 9.81. The van der Waals surface area contributed by atoms with Crippen molar-refractivity contribution < 1.29 is 38.0 Å². The number of thiol groups is 2. The highest BCUT2D eigenvalue weighted by Gasteiger charge is 2.45. The minimum Gasteiger partial charge on any atom is -0.376 e. The second-order valence-corrected chi connectivity index (χ2v) is 22.6. The molecule has 0 aromatic heterocycles. The number of nitrogens with two attached hydrogens (primary N) is 1. The summed E-state index contributed by atoms with van der Waals surface area (Å²) < 4.78 is 45.6. The van der Waals surface area contributed by atoms with Crippen LogP contribution in [0.2, 0.25) is 0 Å². The molecule has 11 heteroatoms. The van der Waals surface area contributed by atoms with E-state index < -0.39 is 40.7 Å². The van der Waals surface area contributed by atoms with E-state index in [-0.39, 0.29) is 46.8 Å². The van der Waals surface area contributed by atoms with Crippen LogP contribution < -0.4 is 5.73 Å². The van der Waals surface area contributed by atoms with Crippen LogP contribution in [0, 0.1) is 22.7 Å². The number of primary amides is 1. The fourth-order valence-electron chi connectivity index (χ4n) is 8.52. The molecule has 0 aliphatic carbocycles. The Labute approximate surface area is 363 Å². The number of carbonyl (C=O) groups is 1. The molecule has 0 aliphatic heterocycles. The summed E-state index contributed by atoms with van der Waals surface area (Å²) in [6, 6.07) is 0. The van der Waals surface area contributed by atoms with Gasteiger partial charge in [0.05, 0.1) is 67.5 Å². The first-order chi connectivity index (χ1) is 25.9. The van der Waals surface area contributed by atoms with E-state index in [9.17, 15) is 4.79 Å². The number of rotatable bonds is 33. The average molecular weight is 852 g/mol. The maximum Gasteiger partial charge on any atom is 0.249 e. The highest BCUT2D eigenvalue weighted by atomic mass is 32.1. The molecule has 10 atom stereocenters. The van der Waals surface area contributed by atoms with Crippen molar-refractivity contribution in [3.05, 3.63) is 0 Å². The highest BCUT2D eigenvalue weighted by Crippen LogP contribution is 2.35. The lowest BCUT2D eigenvalue weighted by Crippen LogP contribution is -2.57. The summed E-state index contributed by atoms with van der Waals surface area (Å²) in [5.74, 6) is 0.489. The second kappa shape index (κ2) is 26.4. The van der Waals surface area contributed by atoms with E-state index in [0.29, 0.717) is 50.9 Å². The van der Waals surface area contributed by atoms with Crippen molar-refractivity contribution >= 4 is 31.2 Å². The van der Waals surface area contributed by atoms with Gasteiger partial charge in [-0.05, 0) is 131 Å². The molecule has 0 saturated carbocycles. The Morgan fingerprint density at radius 3 is 1.60 bits per heavy atom. The lowest BCUT2D eigenvalue weighted by molar-refractivity contribution is -0.225. The van der Waals surface area contributed by atoms with Crippen molar-refractivity contribution in [2.75, 3.05) is 19.8 Å². The van der Waals surface area contributed by atoms with E-state index in [1.54, 1.807) is 0 Å². The van der Waals surface area contributed by atoms with E-state index in [4.69, 9.17) is 51.5 Å². The molecule has 342 valence electrons. The third kappa shape index (κ3) is 26.8.